The normalized spacial score (nSPS) is 16.1. The van der Waals surface area contributed by atoms with Crippen LogP contribution in [0.5, 0.6) is 0 Å². The van der Waals surface area contributed by atoms with Gasteiger partial charge in [0.2, 0.25) is 0 Å². The summed E-state index contributed by atoms with van der Waals surface area (Å²) in [7, 11) is -4.02. The van der Waals surface area contributed by atoms with Gasteiger partial charge in [0, 0.05) is 0 Å². The molecule has 0 aliphatic rings. The molecule has 0 rings (SSSR count). The standard InChI is InChI=1S/C4H11NO3S/c1-3(2)4(5)9(6,7)8/h3-4H,5H2,1-2H3,(H,6,7,8)/t4-/m0/s1. The van der Waals surface area contributed by atoms with E-state index in [9.17, 15) is 8.42 Å². The van der Waals surface area contributed by atoms with Gasteiger partial charge in [0.05, 0.1) is 0 Å². The summed E-state index contributed by atoms with van der Waals surface area (Å²) in [6.07, 6.45) is 0. The Hall–Kier alpha value is -0.130. The zero-order chi connectivity index (χ0) is 7.65. The van der Waals surface area contributed by atoms with Gasteiger partial charge in [-0.05, 0) is 5.92 Å². The summed E-state index contributed by atoms with van der Waals surface area (Å²) in [5.41, 5.74) is 5.06. The van der Waals surface area contributed by atoms with Crippen LogP contribution in [-0.2, 0) is 10.1 Å². The molecular formula is C4H11NO3S. The molecule has 3 N–H and O–H groups in total. The van der Waals surface area contributed by atoms with Gasteiger partial charge < -0.3 is 5.73 Å². The lowest BCUT2D eigenvalue weighted by atomic mass is 10.2. The zero-order valence-corrected chi connectivity index (χ0v) is 6.22. The highest BCUT2D eigenvalue weighted by atomic mass is 32.2. The fraction of sp³-hybridized carbons (Fsp3) is 1.00. The molecule has 0 bridgehead atoms. The second kappa shape index (κ2) is 2.64. The van der Waals surface area contributed by atoms with Crippen molar-refractivity contribution in [1.82, 2.24) is 0 Å². The van der Waals surface area contributed by atoms with E-state index in [-0.39, 0.29) is 5.92 Å². The first-order valence-corrected chi connectivity index (χ1v) is 4.08. The van der Waals surface area contributed by atoms with Crippen molar-refractivity contribution >= 4 is 10.1 Å². The fourth-order valence-corrected chi connectivity index (χ4v) is 1.03. The average Bonchev–Trinajstić information content (AvgIpc) is 1.62. The predicted molar refractivity (Wildman–Crippen MR) is 34.4 cm³/mol. The molecule has 0 saturated carbocycles. The summed E-state index contributed by atoms with van der Waals surface area (Å²) in [6, 6.07) is 0. The predicted octanol–water partition coefficient (Wildman–Crippen LogP) is -0.185. The van der Waals surface area contributed by atoms with E-state index < -0.39 is 15.5 Å². The van der Waals surface area contributed by atoms with E-state index in [4.69, 9.17) is 10.3 Å². The van der Waals surface area contributed by atoms with E-state index in [0.29, 0.717) is 0 Å². The topological polar surface area (TPSA) is 80.4 Å². The molecule has 0 heterocycles. The molecule has 0 aromatic heterocycles. The lowest BCUT2D eigenvalue weighted by Crippen LogP contribution is -2.34. The Morgan fingerprint density at radius 1 is 1.44 bits per heavy atom. The average molecular weight is 153 g/mol. The van der Waals surface area contributed by atoms with E-state index in [1.165, 1.54) is 0 Å². The Morgan fingerprint density at radius 3 is 1.78 bits per heavy atom. The van der Waals surface area contributed by atoms with Crippen LogP contribution < -0.4 is 5.73 Å². The third-order valence-corrected chi connectivity index (χ3v) is 2.23. The van der Waals surface area contributed by atoms with E-state index in [2.05, 4.69) is 0 Å². The van der Waals surface area contributed by atoms with E-state index >= 15 is 0 Å². The van der Waals surface area contributed by atoms with Crippen molar-refractivity contribution in [2.75, 3.05) is 0 Å². The van der Waals surface area contributed by atoms with Crippen molar-refractivity contribution < 1.29 is 13.0 Å². The molecule has 5 heteroatoms. The second-order valence-electron chi connectivity index (χ2n) is 2.22. The van der Waals surface area contributed by atoms with Crippen molar-refractivity contribution in [2.45, 2.75) is 19.2 Å². The Kier molecular flexibility index (Phi) is 2.60. The minimum Gasteiger partial charge on any atom is -0.313 e. The lowest BCUT2D eigenvalue weighted by molar-refractivity contribution is 0.444. The van der Waals surface area contributed by atoms with E-state index in [1.54, 1.807) is 13.8 Å². The molecule has 0 aromatic carbocycles. The molecule has 4 nitrogen and oxygen atoms in total. The first-order chi connectivity index (χ1) is 3.85. The van der Waals surface area contributed by atoms with Gasteiger partial charge in [0.1, 0.15) is 5.37 Å². The summed E-state index contributed by atoms with van der Waals surface area (Å²) in [5, 5.41) is -1.16. The summed E-state index contributed by atoms with van der Waals surface area (Å²) in [4.78, 5) is 0. The molecule has 0 aromatic rings. The number of hydrogen-bond acceptors (Lipinski definition) is 3. The second-order valence-corrected chi connectivity index (χ2v) is 3.80. The molecule has 9 heavy (non-hydrogen) atoms. The van der Waals surface area contributed by atoms with Gasteiger partial charge in [0.15, 0.2) is 0 Å². The first kappa shape index (κ1) is 8.87. The van der Waals surface area contributed by atoms with E-state index in [1.807, 2.05) is 0 Å². The van der Waals surface area contributed by atoms with Crippen LogP contribution in [0.2, 0.25) is 0 Å². The van der Waals surface area contributed by atoms with Gasteiger partial charge >= 0.3 is 0 Å². The van der Waals surface area contributed by atoms with Crippen LogP contribution in [0.3, 0.4) is 0 Å². The summed E-state index contributed by atoms with van der Waals surface area (Å²) in [5.74, 6) is -0.250. The van der Waals surface area contributed by atoms with Gasteiger partial charge in [-0.1, -0.05) is 13.8 Å². The van der Waals surface area contributed by atoms with Crippen LogP contribution in [0.15, 0.2) is 0 Å². The third-order valence-electron chi connectivity index (χ3n) is 1.00. The number of nitrogens with two attached hydrogens (primary N) is 1. The smallest absolute Gasteiger partial charge is 0.281 e. The molecule has 0 aliphatic carbocycles. The summed E-state index contributed by atoms with van der Waals surface area (Å²) in [6.45, 7) is 3.25. The van der Waals surface area contributed by atoms with Crippen LogP contribution in [0.25, 0.3) is 0 Å². The van der Waals surface area contributed by atoms with Crippen molar-refractivity contribution in [3.05, 3.63) is 0 Å². The molecule has 56 valence electrons. The van der Waals surface area contributed by atoms with Gasteiger partial charge in [-0.3, -0.25) is 4.55 Å². The quantitative estimate of drug-likeness (QED) is 0.539. The molecule has 1 atom stereocenters. The summed E-state index contributed by atoms with van der Waals surface area (Å²) >= 11 is 0. The fourth-order valence-electron chi connectivity index (χ4n) is 0.344. The Morgan fingerprint density at radius 2 is 1.78 bits per heavy atom. The SMILES string of the molecule is CC(C)[C@@H](N)S(=O)(=O)O. The Labute approximate surface area is 54.8 Å². The maximum absolute atomic E-state index is 10.2. The minimum absolute atomic E-state index is 0.250. The van der Waals surface area contributed by atoms with Crippen LogP contribution >= 0.6 is 0 Å². The molecule has 0 aliphatic heterocycles. The molecule has 0 fully saturated rings. The summed E-state index contributed by atoms with van der Waals surface area (Å²) < 4.78 is 28.7. The van der Waals surface area contributed by atoms with Crippen molar-refractivity contribution in [1.29, 1.82) is 0 Å². The molecule has 0 saturated heterocycles. The first-order valence-electron chi connectivity index (χ1n) is 2.57. The number of rotatable bonds is 2. The van der Waals surface area contributed by atoms with Crippen molar-refractivity contribution in [3.8, 4) is 0 Å². The molecule has 0 unspecified atom stereocenters. The monoisotopic (exact) mass is 153 g/mol. The van der Waals surface area contributed by atoms with Gasteiger partial charge in [-0.25, -0.2) is 0 Å². The highest BCUT2D eigenvalue weighted by Crippen LogP contribution is 2.03. The van der Waals surface area contributed by atoms with E-state index in [0.717, 1.165) is 0 Å². The van der Waals surface area contributed by atoms with Gasteiger partial charge in [0.25, 0.3) is 10.1 Å². The van der Waals surface area contributed by atoms with Crippen molar-refractivity contribution in [3.63, 3.8) is 0 Å². The van der Waals surface area contributed by atoms with Crippen LogP contribution in [0, 0.1) is 5.92 Å². The van der Waals surface area contributed by atoms with Crippen LogP contribution in [0.4, 0.5) is 0 Å². The molecule has 0 radical (unpaired) electrons. The highest BCUT2D eigenvalue weighted by Gasteiger charge is 2.20. The maximum atomic E-state index is 10.2. The van der Waals surface area contributed by atoms with Crippen LogP contribution in [-0.4, -0.2) is 18.3 Å². The Bertz CT molecular complexity index is 172. The van der Waals surface area contributed by atoms with Crippen LogP contribution in [0.1, 0.15) is 13.8 Å². The molecular weight excluding hydrogens is 142 g/mol. The Balaban J connectivity index is 4.24. The zero-order valence-electron chi connectivity index (χ0n) is 5.40. The maximum Gasteiger partial charge on any atom is 0.281 e. The van der Waals surface area contributed by atoms with Gasteiger partial charge in [-0.15, -0.1) is 0 Å². The third kappa shape index (κ3) is 2.78. The highest BCUT2D eigenvalue weighted by molar-refractivity contribution is 7.86. The molecule has 0 spiro atoms. The lowest BCUT2D eigenvalue weighted by Gasteiger charge is -2.10. The number of hydrogen-bond donors (Lipinski definition) is 2. The molecule has 0 amide bonds. The largest absolute Gasteiger partial charge is 0.313 e. The van der Waals surface area contributed by atoms with Gasteiger partial charge in [-0.2, -0.15) is 8.42 Å². The minimum atomic E-state index is -4.02. The van der Waals surface area contributed by atoms with Crippen molar-refractivity contribution in [2.24, 2.45) is 11.7 Å².